The van der Waals surface area contributed by atoms with Crippen molar-refractivity contribution in [3.8, 4) is 5.69 Å². The number of aromatic nitrogens is 3. The lowest BCUT2D eigenvalue weighted by Crippen LogP contribution is -2.40. The fourth-order valence-corrected chi connectivity index (χ4v) is 3.13. The normalized spacial score (nSPS) is 12.5. The fraction of sp³-hybridized carbons (Fsp3) is 0.211. The van der Waals surface area contributed by atoms with Crippen LogP contribution in [0.25, 0.3) is 5.69 Å². The predicted molar refractivity (Wildman–Crippen MR) is 105 cm³/mol. The molecule has 0 saturated carbocycles. The number of para-hydroxylation sites is 1. The number of carbonyl (C=O) groups excluding carboxylic acids is 1. The molecule has 0 aliphatic heterocycles. The van der Waals surface area contributed by atoms with Gasteiger partial charge in [-0.1, -0.05) is 48.5 Å². The van der Waals surface area contributed by atoms with E-state index in [0.29, 0.717) is 17.8 Å². The molecule has 0 radical (unpaired) electrons. The molecule has 152 valence electrons. The lowest BCUT2D eigenvalue weighted by Gasteiger charge is -2.19. The molecule has 3 N–H and O–H groups in total. The molecule has 3 aromatic rings. The number of amides is 1. The number of nitrogens with one attached hydrogen (secondary N) is 1. The van der Waals surface area contributed by atoms with Gasteiger partial charge in [0.15, 0.2) is 5.69 Å². The van der Waals surface area contributed by atoms with Gasteiger partial charge in [0.25, 0.3) is 5.91 Å². The van der Waals surface area contributed by atoms with E-state index < -0.39 is 19.8 Å². The third-order valence-electron chi connectivity index (χ3n) is 4.09. The highest BCUT2D eigenvalue weighted by atomic mass is 31.2. The van der Waals surface area contributed by atoms with E-state index in [2.05, 4.69) is 20.0 Å². The van der Waals surface area contributed by atoms with Gasteiger partial charge >= 0.3 is 7.82 Å². The number of benzene rings is 2. The summed E-state index contributed by atoms with van der Waals surface area (Å²) in [4.78, 5) is 32.1. The highest BCUT2D eigenvalue weighted by Gasteiger charge is 2.23. The molecule has 29 heavy (non-hydrogen) atoms. The second-order valence-electron chi connectivity index (χ2n) is 6.41. The van der Waals surface area contributed by atoms with Crippen molar-refractivity contribution in [2.45, 2.75) is 19.4 Å². The van der Waals surface area contributed by atoms with E-state index in [-0.39, 0.29) is 12.3 Å². The van der Waals surface area contributed by atoms with Gasteiger partial charge in [0, 0.05) is 0 Å². The van der Waals surface area contributed by atoms with Crippen molar-refractivity contribution in [3.05, 3.63) is 77.6 Å². The molecular weight excluding hydrogens is 395 g/mol. The predicted octanol–water partition coefficient (Wildman–Crippen LogP) is 2.03. The first-order chi connectivity index (χ1) is 13.8. The Bertz CT molecular complexity index is 1000. The zero-order valence-electron chi connectivity index (χ0n) is 15.7. The molecule has 0 aliphatic carbocycles. The average molecular weight is 416 g/mol. The number of carbonyl (C=O) groups is 1. The van der Waals surface area contributed by atoms with Crippen LogP contribution in [0, 0.1) is 6.92 Å². The van der Waals surface area contributed by atoms with E-state index in [0.717, 1.165) is 5.56 Å². The van der Waals surface area contributed by atoms with Crippen LogP contribution in [0.4, 0.5) is 0 Å². The second-order valence-corrected chi connectivity index (χ2v) is 7.64. The highest BCUT2D eigenvalue weighted by Crippen LogP contribution is 2.35. The smallest absolute Gasteiger partial charge is 0.345 e. The lowest BCUT2D eigenvalue weighted by atomic mass is 10.1. The Morgan fingerprint density at radius 1 is 1.10 bits per heavy atom. The van der Waals surface area contributed by atoms with Crippen LogP contribution >= 0.6 is 7.82 Å². The minimum Gasteiger partial charge on any atom is -0.345 e. The van der Waals surface area contributed by atoms with Crippen LogP contribution in [0.2, 0.25) is 0 Å². The van der Waals surface area contributed by atoms with E-state index >= 15 is 0 Å². The molecule has 0 spiro atoms. The lowest BCUT2D eigenvalue weighted by molar-refractivity contribution is 0.0903. The van der Waals surface area contributed by atoms with Gasteiger partial charge in [0.2, 0.25) is 0 Å². The van der Waals surface area contributed by atoms with Crippen molar-refractivity contribution in [1.29, 1.82) is 0 Å². The van der Waals surface area contributed by atoms with Crippen LogP contribution in [0.5, 0.6) is 0 Å². The minimum absolute atomic E-state index is 0.128. The van der Waals surface area contributed by atoms with Crippen LogP contribution in [0.15, 0.2) is 60.7 Å². The molecule has 0 bridgehead atoms. The Hall–Kier alpha value is -2.84. The number of rotatable bonds is 8. The molecule has 1 amide bonds. The van der Waals surface area contributed by atoms with Gasteiger partial charge in [0.1, 0.15) is 0 Å². The maximum absolute atomic E-state index is 12.8. The molecule has 1 atom stereocenters. The molecule has 0 fully saturated rings. The van der Waals surface area contributed by atoms with Gasteiger partial charge < -0.3 is 15.1 Å². The summed E-state index contributed by atoms with van der Waals surface area (Å²) in [6.45, 7) is 1.32. The first-order valence-electron chi connectivity index (χ1n) is 8.86. The Morgan fingerprint density at radius 3 is 2.34 bits per heavy atom. The Kier molecular flexibility index (Phi) is 6.56. The molecule has 0 unspecified atom stereocenters. The monoisotopic (exact) mass is 416 g/mol. The van der Waals surface area contributed by atoms with E-state index in [4.69, 9.17) is 9.79 Å². The van der Waals surface area contributed by atoms with Crippen molar-refractivity contribution >= 4 is 13.7 Å². The number of phosphoric acid groups is 1. The minimum atomic E-state index is -4.67. The molecule has 1 heterocycles. The fourth-order valence-electron chi connectivity index (χ4n) is 2.76. The summed E-state index contributed by atoms with van der Waals surface area (Å²) in [5.74, 6) is -0.500. The molecule has 0 saturated heterocycles. The molecule has 9 nitrogen and oxygen atoms in total. The van der Waals surface area contributed by atoms with Crippen LogP contribution in [0.3, 0.4) is 0 Å². The third kappa shape index (κ3) is 6.07. The first kappa shape index (κ1) is 20.9. The zero-order chi connectivity index (χ0) is 20.9. The third-order valence-corrected chi connectivity index (χ3v) is 4.57. The van der Waals surface area contributed by atoms with Gasteiger partial charge in [-0.3, -0.25) is 9.32 Å². The summed E-state index contributed by atoms with van der Waals surface area (Å²) >= 11 is 0. The molecule has 10 heteroatoms. The molecule has 2 aromatic carbocycles. The Morgan fingerprint density at radius 2 is 1.72 bits per heavy atom. The quantitative estimate of drug-likeness (QED) is 0.480. The van der Waals surface area contributed by atoms with Gasteiger partial charge in [0.05, 0.1) is 24.0 Å². The summed E-state index contributed by atoms with van der Waals surface area (Å²) in [5, 5.41) is 11.3. The van der Waals surface area contributed by atoms with Gasteiger partial charge in [-0.25, -0.2) is 4.57 Å². The van der Waals surface area contributed by atoms with E-state index in [1.165, 1.54) is 4.80 Å². The Balaban J connectivity index is 1.76. The van der Waals surface area contributed by atoms with Crippen molar-refractivity contribution in [3.63, 3.8) is 0 Å². The SMILES string of the molecule is Cc1nn(-c2ccccc2)nc1C(=O)N[C@@H](COP(=O)(O)O)Cc1ccccc1. The molecule has 3 rings (SSSR count). The van der Waals surface area contributed by atoms with Crippen molar-refractivity contribution in [2.75, 3.05) is 6.61 Å². The highest BCUT2D eigenvalue weighted by molar-refractivity contribution is 7.46. The van der Waals surface area contributed by atoms with Crippen molar-refractivity contribution in [2.24, 2.45) is 0 Å². The zero-order valence-corrected chi connectivity index (χ0v) is 16.6. The van der Waals surface area contributed by atoms with Gasteiger partial charge in [-0.05, 0) is 31.0 Å². The molecule has 0 aliphatic rings. The number of phosphoric ester groups is 1. The maximum Gasteiger partial charge on any atom is 0.469 e. The standard InChI is InChI=1S/C19H21N4O5P/c1-14-18(22-23(21-14)17-10-6-3-7-11-17)19(24)20-16(13-28-29(25,26)27)12-15-8-4-2-5-9-15/h2-11,16H,12-13H2,1H3,(H,20,24)(H2,25,26,27)/t16-/m1/s1. The van der Waals surface area contributed by atoms with Crippen LogP contribution in [0.1, 0.15) is 21.7 Å². The largest absolute Gasteiger partial charge is 0.469 e. The van der Waals surface area contributed by atoms with E-state index in [9.17, 15) is 9.36 Å². The molecule has 1 aromatic heterocycles. The van der Waals surface area contributed by atoms with Gasteiger partial charge in [-0.2, -0.15) is 9.90 Å². The summed E-state index contributed by atoms with van der Waals surface area (Å²) in [5.41, 5.74) is 2.15. The van der Waals surface area contributed by atoms with Crippen LogP contribution < -0.4 is 5.32 Å². The summed E-state index contributed by atoms with van der Waals surface area (Å²) in [6, 6.07) is 17.7. The van der Waals surface area contributed by atoms with E-state index in [1.807, 2.05) is 60.7 Å². The summed E-state index contributed by atoms with van der Waals surface area (Å²) in [6.07, 6.45) is 0.332. The first-order valence-corrected chi connectivity index (χ1v) is 10.4. The average Bonchev–Trinajstić information content (AvgIpc) is 3.09. The topological polar surface area (TPSA) is 127 Å². The maximum atomic E-state index is 12.8. The summed E-state index contributed by atoms with van der Waals surface area (Å²) in [7, 11) is -4.67. The Labute approximate surface area is 167 Å². The second kappa shape index (κ2) is 9.11. The number of nitrogens with zero attached hydrogens (tertiary/aromatic N) is 3. The number of aryl methyl sites for hydroxylation is 1. The van der Waals surface area contributed by atoms with Crippen molar-refractivity contribution < 1.29 is 23.7 Å². The molecular formula is C19H21N4O5P. The number of hydrogen-bond donors (Lipinski definition) is 3. The number of hydrogen-bond acceptors (Lipinski definition) is 5. The van der Waals surface area contributed by atoms with Crippen molar-refractivity contribution in [1.82, 2.24) is 20.3 Å². The van der Waals surface area contributed by atoms with E-state index in [1.54, 1.807) is 6.92 Å². The van der Waals surface area contributed by atoms with Gasteiger partial charge in [-0.15, -0.1) is 5.10 Å². The van der Waals surface area contributed by atoms with Crippen LogP contribution in [-0.4, -0.2) is 43.3 Å². The summed E-state index contributed by atoms with van der Waals surface area (Å²) < 4.78 is 15.7. The van der Waals surface area contributed by atoms with Crippen LogP contribution in [-0.2, 0) is 15.5 Å².